The molecule has 0 radical (unpaired) electrons. The highest BCUT2D eigenvalue weighted by molar-refractivity contribution is 9.10. The molecule has 0 aliphatic carbocycles. The molecule has 3 aromatic rings. The van der Waals surface area contributed by atoms with Crippen LogP contribution in [0.25, 0.3) is 10.9 Å². The highest BCUT2D eigenvalue weighted by Crippen LogP contribution is 2.32. The van der Waals surface area contributed by atoms with Gasteiger partial charge in [-0.3, -0.25) is 0 Å². The Morgan fingerprint density at radius 3 is 2.80 bits per heavy atom. The van der Waals surface area contributed by atoms with Gasteiger partial charge in [-0.15, -0.1) is 0 Å². The molecular weight excluding hydrogens is 325 g/mol. The van der Waals surface area contributed by atoms with E-state index in [2.05, 4.69) is 25.9 Å². The molecular formula is C14H9BrFN3O. The van der Waals surface area contributed by atoms with Crippen LogP contribution in [0.4, 0.5) is 10.1 Å². The van der Waals surface area contributed by atoms with E-state index < -0.39 is 0 Å². The summed E-state index contributed by atoms with van der Waals surface area (Å²) < 4.78 is 19.6. The van der Waals surface area contributed by atoms with E-state index in [1.54, 1.807) is 24.3 Å². The Labute approximate surface area is 122 Å². The van der Waals surface area contributed by atoms with E-state index in [0.29, 0.717) is 32.7 Å². The summed E-state index contributed by atoms with van der Waals surface area (Å²) in [5, 5.41) is 0.670. The molecule has 2 aromatic carbocycles. The molecule has 0 fully saturated rings. The largest absolute Gasteiger partial charge is 0.437 e. The minimum absolute atomic E-state index is 0.327. The average molecular weight is 334 g/mol. The lowest BCUT2D eigenvalue weighted by atomic mass is 10.2. The van der Waals surface area contributed by atoms with Crippen molar-refractivity contribution in [1.29, 1.82) is 0 Å². The van der Waals surface area contributed by atoms with E-state index in [4.69, 9.17) is 10.5 Å². The smallest absolute Gasteiger partial charge is 0.230 e. The lowest BCUT2D eigenvalue weighted by Crippen LogP contribution is -1.94. The number of hydrogen-bond donors (Lipinski definition) is 1. The van der Waals surface area contributed by atoms with Crippen LogP contribution >= 0.6 is 15.9 Å². The molecule has 1 aromatic heterocycles. The number of hydrogen-bond acceptors (Lipinski definition) is 4. The van der Waals surface area contributed by atoms with Crippen molar-refractivity contribution in [1.82, 2.24) is 9.97 Å². The molecule has 4 nitrogen and oxygen atoms in total. The predicted molar refractivity (Wildman–Crippen MR) is 78.1 cm³/mol. The molecule has 0 aliphatic rings. The van der Waals surface area contributed by atoms with E-state index in [1.807, 2.05) is 0 Å². The van der Waals surface area contributed by atoms with Gasteiger partial charge < -0.3 is 10.5 Å². The van der Waals surface area contributed by atoms with E-state index >= 15 is 0 Å². The molecule has 6 heteroatoms. The first kappa shape index (κ1) is 12.8. The molecule has 0 spiro atoms. The van der Waals surface area contributed by atoms with Crippen LogP contribution < -0.4 is 10.5 Å². The predicted octanol–water partition coefficient (Wildman–Crippen LogP) is 3.91. The first-order valence-corrected chi connectivity index (χ1v) is 6.56. The van der Waals surface area contributed by atoms with E-state index in [-0.39, 0.29) is 5.82 Å². The summed E-state index contributed by atoms with van der Waals surface area (Å²) in [6.45, 7) is 0. The first-order valence-electron chi connectivity index (χ1n) is 5.76. The van der Waals surface area contributed by atoms with Crippen LogP contribution in [0.15, 0.2) is 47.2 Å². The molecule has 0 saturated carbocycles. The van der Waals surface area contributed by atoms with Gasteiger partial charge in [-0.25, -0.2) is 14.4 Å². The van der Waals surface area contributed by atoms with Gasteiger partial charge >= 0.3 is 0 Å². The zero-order chi connectivity index (χ0) is 14.1. The van der Waals surface area contributed by atoms with Crippen LogP contribution in [0, 0.1) is 5.82 Å². The third-order valence-electron chi connectivity index (χ3n) is 2.72. The standard InChI is InChI=1S/C14H9BrFN3O/c15-11-3-1-8(16)5-13(11)20-14-10-6-9(17)2-4-12(10)18-7-19-14/h1-7H,17H2. The molecule has 0 bridgehead atoms. The van der Waals surface area contributed by atoms with Crippen molar-refractivity contribution in [3.05, 3.63) is 53.0 Å². The van der Waals surface area contributed by atoms with Crippen molar-refractivity contribution in [3.63, 3.8) is 0 Å². The normalized spacial score (nSPS) is 10.7. The van der Waals surface area contributed by atoms with Gasteiger partial charge in [-0.05, 0) is 46.3 Å². The van der Waals surface area contributed by atoms with Gasteiger partial charge in [-0.2, -0.15) is 0 Å². The second-order valence-corrected chi connectivity index (χ2v) is 4.99. The second-order valence-electron chi connectivity index (χ2n) is 4.13. The summed E-state index contributed by atoms with van der Waals surface area (Å²) in [6.07, 6.45) is 1.39. The summed E-state index contributed by atoms with van der Waals surface area (Å²) in [7, 11) is 0. The molecule has 3 rings (SSSR count). The molecule has 100 valence electrons. The summed E-state index contributed by atoms with van der Waals surface area (Å²) in [6, 6.07) is 9.44. The summed E-state index contributed by atoms with van der Waals surface area (Å²) in [4.78, 5) is 8.21. The minimum Gasteiger partial charge on any atom is -0.437 e. The van der Waals surface area contributed by atoms with Crippen molar-refractivity contribution < 1.29 is 9.13 Å². The van der Waals surface area contributed by atoms with Crippen molar-refractivity contribution >= 4 is 32.5 Å². The van der Waals surface area contributed by atoms with Crippen LogP contribution in [-0.4, -0.2) is 9.97 Å². The number of nitrogens with two attached hydrogens (primary N) is 1. The van der Waals surface area contributed by atoms with Crippen LogP contribution in [0.1, 0.15) is 0 Å². The highest BCUT2D eigenvalue weighted by atomic mass is 79.9. The second kappa shape index (κ2) is 5.05. The molecule has 20 heavy (non-hydrogen) atoms. The molecule has 0 saturated heterocycles. The fourth-order valence-corrected chi connectivity index (χ4v) is 2.12. The Hall–Kier alpha value is -2.21. The number of fused-ring (bicyclic) bond motifs is 1. The summed E-state index contributed by atoms with van der Waals surface area (Å²) in [5.74, 6) is 0.280. The first-order chi connectivity index (χ1) is 9.63. The fourth-order valence-electron chi connectivity index (χ4n) is 1.79. The summed E-state index contributed by atoms with van der Waals surface area (Å²) in [5.41, 5.74) is 7.04. The quantitative estimate of drug-likeness (QED) is 0.722. The zero-order valence-corrected chi connectivity index (χ0v) is 11.8. The maximum atomic E-state index is 13.3. The van der Waals surface area contributed by atoms with Crippen LogP contribution in [0.2, 0.25) is 0 Å². The maximum Gasteiger partial charge on any atom is 0.230 e. The number of aromatic nitrogens is 2. The van der Waals surface area contributed by atoms with Crippen LogP contribution in [0.3, 0.4) is 0 Å². The third kappa shape index (κ3) is 2.42. The molecule has 0 amide bonds. The number of rotatable bonds is 2. The minimum atomic E-state index is -0.388. The Kier molecular flexibility index (Phi) is 3.23. The van der Waals surface area contributed by atoms with Gasteiger partial charge in [0, 0.05) is 11.8 Å². The lowest BCUT2D eigenvalue weighted by Gasteiger charge is -2.09. The number of benzene rings is 2. The van der Waals surface area contributed by atoms with E-state index in [1.165, 1.54) is 18.5 Å². The molecule has 0 atom stereocenters. The van der Waals surface area contributed by atoms with Crippen molar-refractivity contribution in [3.8, 4) is 11.6 Å². The van der Waals surface area contributed by atoms with E-state index in [9.17, 15) is 4.39 Å². The Morgan fingerprint density at radius 2 is 1.95 bits per heavy atom. The van der Waals surface area contributed by atoms with Gasteiger partial charge in [0.2, 0.25) is 5.88 Å². The maximum absolute atomic E-state index is 13.3. The molecule has 1 heterocycles. The van der Waals surface area contributed by atoms with Crippen molar-refractivity contribution in [2.75, 3.05) is 5.73 Å². The van der Waals surface area contributed by atoms with Gasteiger partial charge in [-0.1, -0.05) is 0 Å². The Bertz CT molecular complexity index is 794. The highest BCUT2D eigenvalue weighted by Gasteiger charge is 2.09. The number of anilines is 1. The Morgan fingerprint density at radius 1 is 1.10 bits per heavy atom. The summed E-state index contributed by atoms with van der Waals surface area (Å²) >= 11 is 3.31. The molecule has 2 N–H and O–H groups in total. The fraction of sp³-hybridized carbons (Fsp3) is 0. The van der Waals surface area contributed by atoms with Crippen molar-refractivity contribution in [2.45, 2.75) is 0 Å². The lowest BCUT2D eigenvalue weighted by molar-refractivity contribution is 0.460. The zero-order valence-electron chi connectivity index (χ0n) is 10.2. The van der Waals surface area contributed by atoms with Gasteiger partial charge in [0.1, 0.15) is 17.9 Å². The average Bonchev–Trinajstić information content (AvgIpc) is 2.43. The SMILES string of the molecule is Nc1ccc2ncnc(Oc3cc(F)ccc3Br)c2c1. The van der Waals surface area contributed by atoms with Gasteiger partial charge in [0.15, 0.2) is 0 Å². The van der Waals surface area contributed by atoms with Crippen LogP contribution in [-0.2, 0) is 0 Å². The number of nitrogen functional groups attached to an aromatic ring is 1. The van der Waals surface area contributed by atoms with Gasteiger partial charge in [0.25, 0.3) is 0 Å². The van der Waals surface area contributed by atoms with Gasteiger partial charge in [0.05, 0.1) is 15.4 Å². The van der Waals surface area contributed by atoms with Crippen LogP contribution in [0.5, 0.6) is 11.6 Å². The Balaban J connectivity index is 2.10. The number of halogens is 2. The molecule has 0 aliphatic heterocycles. The number of ether oxygens (including phenoxy) is 1. The van der Waals surface area contributed by atoms with Crippen molar-refractivity contribution in [2.24, 2.45) is 0 Å². The third-order valence-corrected chi connectivity index (χ3v) is 3.38. The number of nitrogens with zero attached hydrogens (tertiary/aromatic N) is 2. The molecule has 0 unspecified atom stereocenters. The topological polar surface area (TPSA) is 61.0 Å². The van der Waals surface area contributed by atoms with E-state index in [0.717, 1.165) is 0 Å². The monoisotopic (exact) mass is 333 g/mol.